The molecule has 0 aliphatic heterocycles. The van der Waals surface area contributed by atoms with Crippen LogP contribution in [0.4, 0.5) is 0 Å². The summed E-state index contributed by atoms with van der Waals surface area (Å²) in [6.45, 7) is 0. The fourth-order valence-electron chi connectivity index (χ4n) is 3.06. The van der Waals surface area contributed by atoms with Crippen molar-refractivity contribution in [2.24, 2.45) is 0 Å². The van der Waals surface area contributed by atoms with E-state index in [1.807, 2.05) is 0 Å². The predicted molar refractivity (Wildman–Crippen MR) is 116 cm³/mol. The lowest BCUT2D eigenvalue weighted by molar-refractivity contribution is -0.137. The number of amides is 3. The Hall–Kier alpha value is -3.48. The molecule has 0 saturated heterocycles. The van der Waals surface area contributed by atoms with Gasteiger partial charge in [-0.05, 0) is 37.1 Å². The first-order valence-electron chi connectivity index (χ1n) is 10.5. The third-order valence-corrected chi connectivity index (χ3v) is 4.73. The van der Waals surface area contributed by atoms with Crippen molar-refractivity contribution in [3.8, 4) is 0 Å². The predicted octanol–water partition coefficient (Wildman–Crippen LogP) is 4.21. The first-order chi connectivity index (χ1) is 15.0. The zero-order valence-electron chi connectivity index (χ0n) is 17.5. The van der Waals surface area contributed by atoms with Gasteiger partial charge >= 0.3 is 5.97 Å². The summed E-state index contributed by atoms with van der Waals surface area (Å²) in [6.07, 6.45) is 5.15. The number of unbranched alkanes of at least 4 members (excludes halogenated alkanes) is 5. The molecule has 3 amide bonds. The average Bonchev–Trinajstić information content (AvgIpc) is 2.79. The smallest absolute Gasteiger partial charge is 0.303 e. The number of carbonyl (C=O) groups excluding carboxylic acids is 3. The number of hydrogen-bond acceptors (Lipinski definition) is 4. The molecule has 31 heavy (non-hydrogen) atoms. The van der Waals surface area contributed by atoms with Crippen molar-refractivity contribution >= 4 is 23.7 Å². The Morgan fingerprint density at radius 2 is 1.06 bits per heavy atom. The van der Waals surface area contributed by atoms with E-state index in [1.54, 1.807) is 60.7 Å². The third-order valence-electron chi connectivity index (χ3n) is 4.73. The normalized spacial score (nSPS) is 10.3. The van der Waals surface area contributed by atoms with Crippen LogP contribution >= 0.6 is 0 Å². The summed E-state index contributed by atoms with van der Waals surface area (Å²) in [5, 5.41) is 9.39. The Morgan fingerprint density at radius 3 is 1.52 bits per heavy atom. The summed E-state index contributed by atoms with van der Waals surface area (Å²) in [6, 6.07) is 16.6. The molecule has 164 valence electrons. The van der Waals surface area contributed by atoms with Crippen molar-refractivity contribution in [1.82, 2.24) is 10.4 Å². The summed E-state index contributed by atoms with van der Waals surface area (Å²) in [5.74, 6) is -2.38. The molecule has 0 aromatic heterocycles. The lowest BCUT2D eigenvalue weighted by Crippen LogP contribution is -2.49. The summed E-state index contributed by atoms with van der Waals surface area (Å²) in [4.78, 5) is 48.6. The number of carbonyl (C=O) groups is 4. The highest BCUT2D eigenvalue weighted by Crippen LogP contribution is 2.11. The van der Waals surface area contributed by atoms with Gasteiger partial charge in [-0.15, -0.1) is 0 Å². The fourth-order valence-corrected chi connectivity index (χ4v) is 3.06. The van der Waals surface area contributed by atoms with Gasteiger partial charge in [0.05, 0.1) is 0 Å². The van der Waals surface area contributed by atoms with Crippen molar-refractivity contribution in [3.63, 3.8) is 0 Å². The fraction of sp³-hybridized carbons (Fsp3) is 0.333. The minimum Gasteiger partial charge on any atom is -0.481 e. The van der Waals surface area contributed by atoms with E-state index in [9.17, 15) is 19.2 Å². The largest absolute Gasteiger partial charge is 0.481 e. The second-order valence-corrected chi connectivity index (χ2v) is 7.23. The summed E-state index contributed by atoms with van der Waals surface area (Å²) in [7, 11) is 0. The van der Waals surface area contributed by atoms with Gasteiger partial charge < -0.3 is 5.11 Å². The van der Waals surface area contributed by atoms with E-state index in [1.165, 1.54) is 0 Å². The molecule has 2 aromatic rings. The van der Waals surface area contributed by atoms with Gasteiger partial charge in [-0.2, -0.15) is 5.01 Å². The standard InChI is InChI=1S/C24H28N2O5/c27-21(17-11-3-1-2-4-12-18-22(28)29)25-26(23(30)19-13-7-5-8-14-19)24(31)20-15-9-6-10-16-20/h5-10,13-16H,1-4,11-12,17-18H2,(H,25,27)(H,28,29). The molecule has 0 aliphatic carbocycles. The maximum atomic E-state index is 12.9. The van der Waals surface area contributed by atoms with E-state index in [-0.39, 0.29) is 12.8 Å². The van der Waals surface area contributed by atoms with Crippen molar-refractivity contribution in [1.29, 1.82) is 0 Å². The molecule has 0 unspecified atom stereocenters. The number of benzene rings is 2. The molecule has 2 aromatic carbocycles. The Bertz CT molecular complexity index is 817. The third kappa shape index (κ3) is 8.42. The number of carboxylic acids is 1. The van der Waals surface area contributed by atoms with Gasteiger partial charge in [-0.3, -0.25) is 24.6 Å². The molecule has 0 radical (unpaired) electrons. The van der Waals surface area contributed by atoms with E-state index in [2.05, 4.69) is 5.43 Å². The number of imide groups is 1. The lowest BCUT2D eigenvalue weighted by atomic mass is 10.1. The van der Waals surface area contributed by atoms with E-state index in [0.29, 0.717) is 24.0 Å². The van der Waals surface area contributed by atoms with E-state index in [4.69, 9.17) is 5.11 Å². The molecule has 0 fully saturated rings. The van der Waals surface area contributed by atoms with Gasteiger partial charge in [-0.25, -0.2) is 0 Å². The van der Waals surface area contributed by atoms with Gasteiger partial charge in [0.2, 0.25) is 5.91 Å². The van der Waals surface area contributed by atoms with Crippen LogP contribution in [-0.2, 0) is 9.59 Å². The van der Waals surface area contributed by atoms with Crippen LogP contribution in [-0.4, -0.2) is 33.8 Å². The molecule has 0 aliphatic rings. The van der Waals surface area contributed by atoms with Crippen LogP contribution in [0.1, 0.15) is 72.1 Å². The molecule has 0 bridgehead atoms. The SMILES string of the molecule is O=C(O)CCCCCCCCC(=O)NN(C(=O)c1ccccc1)C(=O)c1ccccc1. The molecular formula is C24H28N2O5. The molecule has 0 heterocycles. The van der Waals surface area contributed by atoms with Crippen LogP contribution in [0.15, 0.2) is 60.7 Å². The number of aliphatic carboxylic acids is 1. The van der Waals surface area contributed by atoms with Crippen molar-refractivity contribution in [2.75, 3.05) is 0 Å². The second kappa shape index (κ2) is 13.0. The van der Waals surface area contributed by atoms with Gasteiger partial charge in [0, 0.05) is 24.0 Å². The first-order valence-corrected chi connectivity index (χ1v) is 10.5. The van der Waals surface area contributed by atoms with Gasteiger partial charge in [0.15, 0.2) is 0 Å². The molecule has 0 saturated carbocycles. The highest BCUT2D eigenvalue weighted by atomic mass is 16.4. The number of rotatable bonds is 11. The molecular weight excluding hydrogens is 396 g/mol. The highest BCUT2D eigenvalue weighted by molar-refractivity contribution is 6.11. The van der Waals surface area contributed by atoms with Crippen LogP contribution in [0.3, 0.4) is 0 Å². The van der Waals surface area contributed by atoms with Crippen LogP contribution in [0, 0.1) is 0 Å². The Kier molecular flexibility index (Phi) is 9.94. The topological polar surface area (TPSA) is 104 Å². The van der Waals surface area contributed by atoms with E-state index in [0.717, 1.165) is 30.7 Å². The number of nitrogens with zero attached hydrogens (tertiary/aromatic N) is 1. The Morgan fingerprint density at radius 1 is 0.645 bits per heavy atom. The van der Waals surface area contributed by atoms with Crippen LogP contribution in [0.25, 0.3) is 0 Å². The van der Waals surface area contributed by atoms with Gasteiger partial charge in [0.25, 0.3) is 11.8 Å². The lowest BCUT2D eigenvalue weighted by Gasteiger charge is -2.21. The zero-order chi connectivity index (χ0) is 22.5. The molecule has 0 spiro atoms. The van der Waals surface area contributed by atoms with Crippen LogP contribution in [0.2, 0.25) is 0 Å². The minimum atomic E-state index is -0.781. The number of hydrogen-bond donors (Lipinski definition) is 2. The number of nitrogens with one attached hydrogen (secondary N) is 1. The maximum Gasteiger partial charge on any atom is 0.303 e. The Balaban J connectivity index is 1.89. The summed E-state index contributed by atoms with van der Waals surface area (Å²) in [5.41, 5.74) is 3.07. The molecule has 7 nitrogen and oxygen atoms in total. The highest BCUT2D eigenvalue weighted by Gasteiger charge is 2.25. The quantitative estimate of drug-likeness (QED) is 0.320. The second-order valence-electron chi connectivity index (χ2n) is 7.23. The van der Waals surface area contributed by atoms with Gasteiger partial charge in [0.1, 0.15) is 0 Å². The van der Waals surface area contributed by atoms with Crippen molar-refractivity contribution in [2.45, 2.75) is 51.4 Å². The molecule has 2 rings (SSSR count). The summed E-state index contributed by atoms with van der Waals surface area (Å²) < 4.78 is 0. The van der Waals surface area contributed by atoms with E-state index < -0.39 is 23.7 Å². The van der Waals surface area contributed by atoms with E-state index >= 15 is 0 Å². The number of hydrazine groups is 1. The van der Waals surface area contributed by atoms with Crippen LogP contribution in [0.5, 0.6) is 0 Å². The summed E-state index contributed by atoms with van der Waals surface area (Å²) >= 11 is 0. The average molecular weight is 424 g/mol. The monoisotopic (exact) mass is 424 g/mol. The zero-order valence-corrected chi connectivity index (χ0v) is 17.5. The molecule has 0 atom stereocenters. The van der Waals surface area contributed by atoms with Gasteiger partial charge in [-0.1, -0.05) is 62.1 Å². The van der Waals surface area contributed by atoms with Crippen LogP contribution < -0.4 is 5.43 Å². The minimum absolute atomic E-state index is 0.184. The molecule has 7 heteroatoms. The Labute approximate surface area is 182 Å². The van der Waals surface area contributed by atoms with Crippen molar-refractivity contribution < 1.29 is 24.3 Å². The maximum absolute atomic E-state index is 12.9. The number of carboxylic acid groups (broad SMARTS) is 1. The first kappa shape index (κ1) is 23.8. The van der Waals surface area contributed by atoms with Crippen molar-refractivity contribution in [3.05, 3.63) is 71.8 Å². The molecule has 2 N–H and O–H groups in total.